The second kappa shape index (κ2) is 11.2. The lowest BCUT2D eigenvalue weighted by atomic mass is 10.0. The summed E-state index contributed by atoms with van der Waals surface area (Å²) in [5.41, 5.74) is 2.38. The van der Waals surface area contributed by atoms with Gasteiger partial charge in [-0.15, -0.1) is 0 Å². The number of furan rings is 1. The van der Waals surface area contributed by atoms with Crippen LogP contribution in [-0.4, -0.2) is 38.5 Å². The van der Waals surface area contributed by atoms with Crippen LogP contribution < -0.4 is 10.6 Å². The first kappa shape index (κ1) is 26.2. The van der Waals surface area contributed by atoms with Crippen molar-refractivity contribution in [2.45, 2.75) is 18.5 Å². The van der Waals surface area contributed by atoms with Gasteiger partial charge in [-0.25, -0.2) is 4.79 Å². The molecular formula is C32H26N4O4S. The van der Waals surface area contributed by atoms with Crippen molar-refractivity contribution in [1.29, 1.82) is 0 Å². The Morgan fingerprint density at radius 3 is 2.61 bits per heavy atom. The molecule has 5 aromatic rings. The first-order valence-corrected chi connectivity index (χ1v) is 13.6. The van der Waals surface area contributed by atoms with Crippen LogP contribution in [0.1, 0.15) is 40.3 Å². The Morgan fingerprint density at radius 2 is 1.78 bits per heavy atom. The number of carbonyl (C=O) groups excluding carboxylic acids is 1. The maximum Gasteiger partial charge on any atom is 0.335 e. The van der Waals surface area contributed by atoms with Crippen LogP contribution in [0.2, 0.25) is 0 Å². The number of pyridine rings is 1. The van der Waals surface area contributed by atoms with Crippen LogP contribution in [-0.2, 0) is 4.79 Å². The Hall–Kier alpha value is -5.02. The molecular weight excluding hydrogens is 536 g/mol. The highest BCUT2D eigenvalue weighted by atomic mass is 32.1. The van der Waals surface area contributed by atoms with Crippen molar-refractivity contribution in [1.82, 2.24) is 15.2 Å². The molecule has 0 bridgehead atoms. The number of aromatic carboxylic acids is 1. The first-order chi connectivity index (χ1) is 20.0. The Morgan fingerprint density at radius 1 is 0.976 bits per heavy atom. The number of hydrogen-bond acceptors (Lipinski definition) is 5. The minimum absolute atomic E-state index is 0.130. The van der Waals surface area contributed by atoms with E-state index in [9.17, 15) is 14.7 Å². The van der Waals surface area contributed by atoms with Gasteiger partial charge in [-0.05, 0) is 60.1 Å². The van der Waals surface area contributed by atoms with Gasteiger partial charge in [-0.2, -0.15) is 0 Å². The second-order valence-electron chi connectivity index (χ2n) is 9.73. The molecule has 1 saturated heterocycles. The molecule has 0 spiro atoms. The number of nitrogens with zero attached hydrogens (tertiary/aromatic N) is 2. The number of amides is 1. The number of carboxylic acid groups (broad SMARTS) is 1. The Balaban J connectivity index is 1.26. The number of fused-ring (bicyclic) bond motifs is 1. The lowest BCUT2D eigenvalue weighted by Crippen LogP contribution is -2.32. The molecule has 0 radical (unpaired) electrons. The van der Waals surface area contributed by atoms with E-state index in [1.807, 2.05) is 77.7 Å². The van der Waals surface area contributed by atoms with E-state index in [0.29, 0.717) is 28.7 Å². The number of nitrogens with one attached hydrogen (secondary N) is 2. The molecule has 41 heavy (non-hydrogen) atoms. The summed E-state index contributed by atoms with van der Waals surface area (Å²) in [5, 5.41) is 18.3. The van der Waals surface area contributed by atoms with Crippen molar-refractivity contribution in [3.8, 4) is 11.3 Å². The molecule has 3 heterocycles. The number of carbonyl (C=O) groups is 2. The predicted octanol–water partition coefficient (Wildman–Crippen LogP) is 6.19. The SMILES string of the molecule is O=C(CCN1C(=S)N[C@@H](c2ccccn2)[C@H]1c1ccc(-c2cccc(C(=O)O)c2)o1)Nc1cccc2ccccc12. The molecule has 0 aliphatic carbocycles. The van der Waals surface area contributed by atoms with E-state index in [-0.39, 0.29) is 30.0 Å². The molecule has 1 amide bonds. The summed E-state index contributed by atoms with van der Waals surface area (Å²) in [6.45, 7) is 0.348. The van der Waals surface area contributed by atoms with Crippen LogP contribution in [0.15, 0.2) is 108 Å². The van der Waals surface area contributed by atoms with E-state index in [0.717, 1.165) is 22.2 Å². The molecule has 9 heteroatoms. The number of hydrogen-bond donors (Lipinski definition) is 3. The van der Waals surface area contributed by atoms with Crippen LogP contribution in [0, 0.1) is 0 Å². The summed E-state index contributed by atoms with van der Waals surface area (Å²) in [4.78, 5) is 31.1. The fraction of sp³-hybridized carbons (Fsp3) is 0.125. The Labute approximate surface area is 241 Å². The van der Waals surface area contributed by atoms with Crippen LogP contribution in [0.25, 0.3) is 22.1 Å². The topological polar surface area (TPSA) is 108 Å². The molecule has 2 aromatic heterocycles. The van der Waals surface area contributed by atoms with E-state index in [2.05, 4.69) is 15.6 Å². The third-order valence-electron chi connectivity index (χ3n) is 7.15. The monoisotopic (exact) mass is 562 g/mol. The van der Waals surface area contributed by atoms with Crippen molar-refractivity contribution in [3.63, 3.8) is 0 Å². The quantitative estimate of drug-likeness (QED) is 0.192. The lowest BCUT2D eigenvalue weighted by molar-refractivity contribution is -0.116. The van der Waals surface area contributed by atoms with Crippen molar-refractivity contribution < 1.29 is 19.1 Å². The molecule has 0 saturated carbocycles. The van der Waals surface area contributed by atoms with Crippen LogP contribution in [0.3, 0.4) is 0 Å². The van der Waals surface area contributed by atoms with Crippen LogP contribution >= 0.6 is 12.2 Å². The molecule has 0 unspecified atom stereocenters. The largest absolute Gasteiger partial charge is 0.478 e. The highest BCUT2D eigenvalue weighted by Crippen LogP contribution is 2.40. The van der Waals surface area contributed by atoms with Gasteiger partial charge >= 0.3 is 5.97 Å². The zero-order valence-electron chi connectivity index (χ0n) is 21.9. The van der Waals surface area contributed by atoms with E-state index >= 15 is 0 Å². The molecule has 1 aliphatic heterocycles. The molecule has 2 atom stereocenters. The van der Waals surface area contributed by atoms with Crippen molar-refractivity contribution >= 4 is 45.7 Å². The minimum Gasteiger partial charge on any atom is -0.478 e. The molecule has 8 nitrogen and oxygen atoms in total. The average molecular weight is 563 g/mol. The predicted molar refractivity (Wildman–Crippen MR) is 160 cm³/mol. The van der Waals surface area contributed by atoms with Crippen molar-refractivity contribution in [2.24, 2.45) is 0 Å². The third-order valence-corrected chi connectivity index (χ3v) is 7.51. The molecule has 1 aliphatic rings. The summed E-state index contributed by atoms with van der Waals surface area (Å²) < 4.78 is 6.31. The Bertz CT molecular complexity index is 1750. The summed E-state index contributed by atoms with van der Waals surface area (Å²) in [5.74, 6) is 0.0227. The smallest absolute Gasteiger partial charge is 0.335 e. The number of aromatic nitrogens is 1. The van der Waals surface area contributed by atoms with Gasteiger partial charge in [-0.1, -0.05) is 54.6 Å². The Kier molecular flexibility index (Phi) is 7.18. The van der Waals surface area contributed by atoms with Gasteiger partial charge in [0.05, 0.1) is 17.3 Å². The zero-order valence-corrected chi connectivity index (χ0v) is 22.7. The van der Waals surface area contributed by atoms with Gasteiger partial charge in [0.25, 0.3) is 0 Å². The second-order valence-corrected chi connectivity index (χ2v) is 10.1. The maximum atomic E-state index is 13.1. The first-order valence-electron chi connectivity index (χ1n) is 13.2. The molecule has 3 N–H and O–H groups in total. The van der Waals surface area contributed by atoms with Gasteiger partial charge in [-0.3, -0.25) is 9.78 Å². The third kappa shape index (κ3) is 5.39. The summed E-state index contributed by atoms with van der Waals surface area (Å²) in [7, 11) is 0. The van der Waals surface area contributed by atoms with E-state index < -0.39 is 5.97 Å². The maximum absolute atomic E-state index is 13.1. The van der Waals surface area contributed by atoms with Gasteiger partial charge in [0.15, 0.2) is 5.11 Å². The van der Waals surface area contributed by atoms with E-state index in [1.54, 1.807) is 24.4 Å². The molecule has 1 fully saturated rings. The fourth-order valence-electron chi connectivity index (χ4n) is 5.20. The van der Waals surface area contributed by atoms with E-state index in [4.69, 9.17) is 16.6 Å². The summed E-state index contributed by atoms with van der Waals surface area (Å²) >= 11 is 5.73. The van der Waals surface area contributed by atoms with Gasteiger partial charge in [0, 0.05) is 35.8 Å². The average Bonchev–Trinajstić information content (AvgIpc) is 3.61. The number of benzene rings is 3. The van der Waals surface area contributed by atoms with Gasteiger partial charge < -0.3 is 25.1 Å². The van der Waals surface area contributed by atoms with Crippen molar-refractivity contribution in [2.75, 3.05) is 11.9 Å². The highest BCUT2D eigenvalue weighted by Gasteiger charge is 2.41. The molecule has 6 rings (SSSR count). The normalized spacial score (nSPS) is 16.5. The molecule has 3 aromatic carbocycles. The zero-order chi connectivity index (χ0) is 28.3. The number of rotatable bonds is 8. The number of carboxylic acids is 1. The van der Waals surface area contributed by atoms with E-state index in [1.165, 1.54) is 6.07 Å². The number of anilines is 1. The van der Waals surface area contributed by atoms with Gasteiger partial charge in [0.2, 0.25) is 5.91 Å². The fourth-order valence-corrected chi connectivity index (χ4v) is 5.53. The summed E-state index contributed by atoms with van der Waals surface area (Å²) in [6.07, 6.45) is 1.92. The minimum atomic E-state index is -1.01. The summed E-state index contributed by atoms with van der Waals surface area (Å²) in [6, 6.07) is 29.0. The number of thiocarbonyl (C=S) groups is 1. The highest BCUT2D eigenvalue weighted by molar-refractivity contribution is 7.80. The van der Waals surface area contributed by atoms with Crippen LogP contribution in [0.5, 0.6) is 0 Å². The van der Waals surface area contributed by atoms with Crippen LogP contribution in [0.4, 0.5) is 5.69 Å². The van der Waals surface area contributed by atoms with Crippen molar-refractivity contribution in [3.05, 3.63) is 120 Å². The molecule has 204 valence electrons. The van der Waals surface area contributed by atoms with Gasteiger partial charge in [0.1, 0.15) is 17.6 Å². The lowest BCUT2D eigenvalue weighted by Gasteiger charge is -2.26. The standard InChI is InChI=1S/C32H26N4O4S/c37-28(34-24-13-6-8-20-7-1-2-11-23(20)24)16-18-36-30(29(35-32(36)41)25-12-3-4-17-33-25)27-15-14-26(40-27)21-9-5-10-22(19-21)31(38)39/h1-15,17,19,29-30H,16,18H2,(H,34,37)(H,35,41)(H,38,39)/t29-,30+/m0/s1.